The van der Waals surface area contributed by atoms with Crippen LogP contribution in [0.15, 0.2) is 43.0 Å². The Labute approximate surface area is 105 Å². The SMILES string of the molecule is Cc1cccc(-c2cncn3cc(CN)nc23)c1. The van der Waals surface area contributed by atoms with E-state index in [1.807, 2.05) is 22.9 Å². The summed E-state index contributed by atoms with van der Waals surface area (Å²) in [5.74, 6) is 0. The molecule has 0 aliphatic carbocycles. The van der Waals surface area contributed by atoms with Gasteiger partial charge < -0.3 is 5.73 Å². The van der Waals surface area contributed by atoms with Crippen LogP contribution >= 0.6 is 0 Å². The molecule has 0 bridgehead atoms. The highest BCUT2D eigenvalue weighted by atomic mass is 15.0. The third-order valence-corrected chi connectivity index (χ3v) is 2.96. The molecule has 18 heavy (non-hydrogen) atoms. The van der Waals surface area contributed by atoms with E-state index in [0.717, 1.165) is 22.5 Å². The van der Waals surface area contributed by atoms with Crippen LogP contribution in [-0.4, -0.2) is 14.4 Å². The first-order chi connectivity index (χ1) is 8.78. The van der Waals surface area contributed by atoms with Crippen molar-refractivity contribution in [1.29, 1.82) is 0 Å². The van der Waals surface area contributed by atoms with Gasteiger partial charge in [0, 0.05) is 24.5 Å². The number of aryl methyl sites for hydroxylation is 1. The van der Waals surface area contributed by atoms with Crippen molar-refractivity contribution in [3.05, 3.63) is 54.2 Å². The quantitative estimate of drug-likeness (QED) is 0.744. The van der Waals surface area contributed by atoms with Crippen LogP contribution in [0.4, 0.5) is 0 Å². The van der Waals surface area contributed by atoms with Crippen molar-refractivity contribution in [2.45, 2.75) is 13.5 Å². The molecule has 0 aliphatic rings. The molecule has 0 saturated heterocycles. The zero-order chi connectivity index (χ0) is 12.5. The number of fused-ring (bicyclic) bond motifs is 1. The van der Waals surface area contributed by atoms with E-state index >= 15 is 0 Å². The van der Waals surface area contributed by atoms with Gasteiger partial charge in [0.1, 0.15) is 12.0 Å². The third kappa shape index (κ3) is 1.76. The molecule has 0 unspecified atom stereocenters. The summed E-state index contributed by atoms with van der Waals surface area (Å²) in [6, 6.07) is 8.32. The molecule has 3 aromatic rings. The van der Waals surface area contributed by atoms with Crippen LogP contribution in [0.1, 0.15) is 11.3 Å². The fraction of sp³-hybridized carbons (Fsp3) is 0.143. The zero-order valence-corrected chi connectivity index (χ0v) is 10.2. The van der Waals surface area contributed by atoms with E-state index in [0.29, 0.717) is 6.54 Å². The number of imidazole rings is 1. The maximum absolute atomic E-state index is 5.63. The molecular weight excluding hydrogens is 224 g/mol. The summed E-state index contributed by atoms with van der Waals surface area (Å²) in [6.45, 7) is 2.52. The number of hydrogen-bond donors (Lipinski definition) is 1. The van der Waals surface area contributed by atoms with E-state index in [4.69, 9.17) is 5.73 Å². The number of hydrogen-bond acceptors (Lipinski definition) is 3. The lowest BCUT2D eigenvalue weighted by molar-refractivity contribution is 1.01. The molecule has 0 spiro atoms. The van der Waals surface area contributed by atoms with Gasteiger partial charge >= 0.3 is 0 Å². The van der Waals surface area contributed by atoms with E-state index in [2.05, 4.69) is 35.1 Å². The van der Waals surface area contributed by atoms with Crippen LogP contribution in [0.3, 0.4) is 0 Å². The third-order valence-electron chi connectivity index (χ3n) is 2.96. The minimum absolute atomic E-state index is 0.439. The molecular formula is C14H14N4. The fourth-order valence-corrected chi connectivity index (χ4v) is 2.08. The number of nitrogens with two attached hydrogens (primary N) is 1. The number of benzene rings is 1. The standard InChI is InChI=1S/C14H14N4/c1-10-3-2-4-11(5-10)13-7-16-9-18-8-12(6-15)17-14(13)18/h2-5,7-9H,6,15H2,1H3. The van der Waals surface area contributed by atoms with Crippen LogP contribution in [0.5, 0.6) is 0 Å². The van der Waals surface area contributed by atoms with Crippen molar-refractivity contribution in [3.8, 4) is 11.1 Å². The molecule has 0 radical (unpaired) electrons. The Bertz CT molecular complexity index is 700. The molecule has 0 amide bonds. The molecule has 4 nitrogen and oxygen atoms in total. The molecule has 2 aromatic heterocycles. The Balaban J connectivity index is 2.25. The van der Waals surface area contributed by atoms with E-state index in [1.54, 1.807) is 6.33 Å². The Morgan fingerprint density at radius 2 is 2.22 bits per heavy atom. The van der Waals surface area contributed by atoms with Crippen LogP contribution in [-0.2, 0) is 6.54 Å². The monoisotopic (exact) mass is 238 g/mol. The van der Waals surface area contributed by atoms with Gasteiger partial charge in [-0.3, -0.25) is 4.40 Å². The molecule has 0 atom stereocenters. The van der Waals surface area contributed by atoms with E-state index in [1.165, 1.54) is 5.56 Å². The lowest BCUT2D eigenvalue weighted by Gasteiger charge is -2.03. The van der Waals surface area contributed by atoms with Gasteiger partial charge in [-0.25, -0.2) is 9.97 Å². The number of rotatable bonds is 2. The second-order valence-corrected chi connectivity index (χ2v) is 4.34. The van der Waals surface area contributed by atoms with Gasteiger partial charge in [-0.05, 0) is 12.5 Å². The molecule has 3 rings (SSSR count). The van der Waals surface area contributed by atoms with Crippen molar-refractivity contribution in [1.82, 2.24) is 14.4 Å². The van der Waals surface area contributed by atoms with Crippen molar-refractivity contribution in [2.24, 2.45) is 5.73 Å². The summed E-state index contributed by atoms with van der Waals surface area (Å²) >= 11 is 0. The molecule has 90 valence electrons. The van der Waals surface area contributed by atoms with Crippen LogP contribution < -0.4 is 5.73 Å². The Hall–Kier alpha value is -2.20. The molecule has 2 heterocycles. The fourth-order valence-electron chi connectivity index (χ4n) is 2.08. The molecule has 4 heteroatoms. The predicted molar refractivity (Wildman–Crippen MR) is 71.1 cm³/mol. The lowest BCUT2D eigenvalue weighted by atomic mass is 10.1. The molecule has 2 N–H and O–H groups in total. The second-order valence-electron chi connectivity index (χ2n) is 4.34. The van der Waals surface area contributed by atoms with Crippen molar-refractivity contribution >= 4 is 5.65 Å². The van der Waals surface area contributed by atoms with E-state index < -0.39 is 0 Å². The van der Waals surface area contributed by atoms with Gasteiger partial charge in [0.25, 0.3) is 0 Å². The summed E-state index contributed by atoms with van der Waals surface area (Å²) in [7, 11) is 0. The highest BCUT2D eigenvalue weighted by Gasteiger charge is 2.08. The van der Waals surface area contributed by atoms with Gasteiger partial charge in [-0.15, -0.1) is 0 Å². The summed E-state index contributed by atoms with van der Waals surface area (Å²) < 4.78 is 1.92. The normalized spacial score (nSPS) is 11.0. The van der Waals surface area contributed by atoms with Crippen LogP contribution in [0.2, 0.25) is 0 Å². The minimum atomic E-state index is 0.439. The summed E-state index contributed by atoms with van der Waals surface area (Å²) in [4.78, 5) is 8.78. The maximum Gasteiger partial charge on any atom is 0.147 e. The second kappa shape index (κ2) is 4.23. The topological polar surface area (TPSA) is 56.2 Å². The average Bonchev–Trinajstić information content (AvgIpc) is 2.81. The van der Waals surface area contributed by atoms with E-state index in [-0.39, 0.29) is 0 Å². The first-order valence-corrected chi connectivity index (χ1v) is 5.86. The molecule has 0 aliphatic heterocycles. The Morgan fingerprint density at radius 3 is 3.00 bits per heavy atom. The predicted octanol–water partition coefficient (Wildman–Crippen LogP) is 2.16. The molecule has 0 fully saturated rings. The van der Waals surface area contributed by atoms with Gasteiger partial charge in [-0.1, -0.05) is 29.8 Å². The molecule has 0 saturated carbocycles. The number of nitrogens with zero attached hydrogens (tertiary/aromatic N) is 3. The highest BCUT2D eigenvalue weighted by Crippen LogP contribution is 2.23. The first kappa shape index (κ1) is 10.9. The van der Waals surface area contributed by atoms with Crippen LogP contribution in [0, 0.1) is 6.92 Å². The van der Waals surface area contributed by atoms with Gasteiger partial charge in [0.05, 0.1) is 5.69 Å². The largest absolute Gasteiger partial charge is 0.325 e. The van der Waals surface area contributed by atoms with Gasteiger partial charge in [0.2, 0.25) is 0 Å². The lowest BCUT2D eigenvalue weighted by Crippen LogP contribution is -1.95. The number of aromatic nitrogens is 3. The smallest absolute Gasteiger partial charge is 0.147 e. The van der Waals surface area contributed by atoms with Gasteiger partial charge in [0.15, 0.2) is 0 Å². The summed E-state index contributed by atoms with van der Waals surface area (Å²) in [5.41, 5.74) is 10.8. The zero-order valence-electron chi connectivity index (χ0n) is 10.2. The van der Waals surface area contributed by atoms with E-state index in [9.17, 15) is 0 Å². The first-order valence-electron chi connectivity index (χ1n) is 5.86. The highest BCUT2D eigenvalue weighted by molar-refractivity contribution is 5.77. The summed E-state index contributed by atoms with van der Waals surface area (Å²) in [6.07, 6.45) is 5.51. The Kier molecular flexibility index (Phi) is 2.57. The maximum atomic E-state index is 5.63. The average molecular weight is 238 g/mol. The van der Waals surface area contributed by atoms with Gasteiger partial charge in [-0.2, -0.15) is 0 Å². The van der Waals surface area contributed by atoms with Crippen molar-refractivity contribution in [3.63, 3.8) is 0 Å². The Morgan fingerprint density at radius 1 is 1.33 bits per heavy atom. The molecule has 1 aromatic carbocycles. The summed E-state index contributed by atoms with van der Waals surface area (Å²) in [5, 5.41) is 0. The van der Waals surface area contributed by atoms with Crippen LogP contribution in [0.25, 0.3) is 16.8 Å². The minimum Gasteiger partial charge on any atom is -0.325 e. The van der Waals surface area contributed by atoms with Crippen molar-refractivity contribution < 1.29 is 0 Å². The van der Waals surface area contributed by atoms with Crippen molar-refractivity contribution in [2.75, 3.05) is 0 Å².